The number of rotatable bonds is 8. The summed E-state index contributed by atoms with van der Waals surface area (Å²) >= 11 is 3.38. The molecule has 1 amide bonds. The molecule has 5 heterocycles. The van der Waals surface area contributed by atoms with Crippen LogP contribution in [0.4, 0.5) is 0 Å². The van der Waals surface area contributed by atoms with Gasteiger partial charge in [-0.2, -0.15) is 5.10 Å². The number of nitrogens with zero attached hydrogens (tertiary/aromatic N) is 3. The van der Waals surface area contributed by atoms with Crippen LogP contribution in [0.3, 0.4) is 0 Å². The Morgan fingerprint density at radius 1 is 1.19 bits per heavy atom. The average Bonchev–Trinajstić information content (AvgIpc) is 3.59. The van der Waals surface area contributed by atoms with Crippen LogP contribution < -0.4 is 0 Å². The molecule has 3 aromatic rings. The molecule has 0 bridgehead atoms. The Balaban J connectivity index is 1.35. The lowest BCUT2D eigenvalue weighted by molar-refractivity contribution is -0.134. The van der Waals surface area contributed by atoms with E-state index in [-0.39, 0.29) is 18.1 Å². The minimum Gasteiger partial charge on any atom is -0.463 e. The van der Waals surface area contributed by atoms with Crippen LogP contribution in [0.2, 0.25) is 0 Å². The summed E-state index contributed by atoms with van der Waals surface area (Å²) in [6, 6.07) is 11.9. The molecule has 2 atom stereocenters. The van der Waals surface area contributed by atoms with Gasteiger partial charge in [0, 0.05) is 35.9 Å². The molecule has 0 radical (unpaired) electrons. The molecule has 3 aromatic heterocycles. The number of carbonyl (C=O) groups is 1. The van der Waals surface area contributed by atoms with E-state index in [9.17, 15) is 4.79 Å². The average molecular weight is 456 g/mol. The summed E-state index contributed by atoms with van der Waals surface area (Å²) in [4.78, 5) is 18.1. The van der Waals surface area contributed by atoms with Crippen molar-refractivity contribution in [3.05, 3.63) is 68.9 Å². The van der Waals surface area contributed by atoms with Crippen molar-refractivity contribution in [2.75, 3.05) is 19.7 Å². The van der Waals surface area contributed by atoms with Crippen molar-refractivity contribution < 1.29 is 13.9 Å². The Morgan fingerprint density at radius 3 is 2.81 bits per heavy atom. The monoisotopic (exact) mass is 455 g/mol. The van der Waals surface area contributed by atoms with Crippen LogP contribution in [-0.2, 0) is 16.1 Å². The van der Waals surface area contributed by atoms with Gasteiger partial charge in [-0.05, 0) is 47.9 Å². The highest BCUT2D eigenvalue weighted by atomic mass is 32.1. The fourth-order valence-corrected chi connectivity index (χ4v) is 5.74. The van der Waals surface area contributed by atoms with E-state index < -0.39 is 0 Å². The molecule has 0 saturated carbocycles. The van der Waals surface area contributed by atoms with E-state index in [2.05, 4.69) is 28.5 Å². The first-order valence-corrected chi connectivity index (χ1v) is 12.4. The van der Waals surface area contributed by atoms with Gasteiger partial charge in [-0.1, -0.05) is 12.1 Å². The van der Waals surface area contributed by atoms with Gasteiger partial charge in [-0.3, -0.25) is 9.69 Å². The highest BCUT2D eigenvalue weighted by Gasteiger charge is 2.35. The third-order valence-corrected chi connectivity index (χ3v) is 7.48. The lowest BCUT2D eigenvalue weighted by Gasteiger charge is -2.27. The second kappa shape index (κ2) is 9.48. The van der Waals surface area contributed by atoms with Crippen molar-refractivity contribution >= 4 is 34.3 Å². The molecule has 1 fully saturated rings. The third-order valence-electron chi connectivity index (χ3n) is 5.65. The van der Waals surface area contributed by atoms with Crippen molar-refractivity contribution in [1.29, 1.82) is 0 Å². The lowest BCUT2D eigenvalue weighted by atomic mass is 10.1. The maximum atomic E-state index is 13.5. The Kier molecular flexibility index (Phi) is 6.31. The summed E-state index contributed by atoms with van der Waals surface area (Å²) in [5.41, 5.74) is 0.820. The SMILES string of the molecule is O=C(CN(Cc1cccs1)CC1CCCO1)N1N=C(c2ccco2)CC1c1cccs1. The van der Waals surface area contributed by atoms with Gasteiger partial charge < -0.3 is 9.15 Å². The molecule has 0 aromatic carbocycles. The van der Waals surface area contributed by atoms with Crippen molar-refractivity contribution in [3.8, 4) is 0 Å². The van der Waals surface area contributed by atoms with Gasteiger partial charge in [0.2, 0.25) is 0 Å². The molecule has 5 rings (SSSR count). The van der Waals surface area contributed by atoms with Crippen LogP contribution in [-0.4, -0.2) is 47.3 Å². The smallest absolute Gasteiger partial charge is 0.257 e. The number of furan rings is 1. The number of hydrogen-bond acceptors (Lipinski definition) is 7. The van der Waals surface area contributed by atoms with E-state index in [1.165, 1.54) is 4.88 Å². The first-order valence-electron chi connectivity index (χ1n) is 10.6. The van der Waals surface area contributed by atoms with E-state index >= 15 is 0 Å². The van der Waals surface area contributed by atoms with E-state index in [1.807, 2.05) is 23.6 Å². The molecule has 0 aliphatic carbocycles. The molecule has 2 unspecified atom stereocenters. The predicted molar refractivity (Wildman–Crippen MR) is 122 cm³/mol. The van der Waals surface area contributed by atoms with Gasteiger partial charge in [0.05, 0.1) is 25.0 Å². The molecule has 31 heavy (non-hydrogen) atoms. The van der Waals surface area contributed by atoms with Gasteiger partial charge in [0.15, 0.2) is 0 Å². The number of thiophene rings is 2. The summed E-state index contributed by atoms with van der Waals surface area (Å²) in [5, 5.41) is 10.5. The van der Waals surface area contributed by atoms with E-state index in [0.29, 0.717) is 13.0 Å². The standard InChI is InChI=1S/C23H25N3O3S2/c27-23(16-25(14-17-5-1-9-28-17)15-18-6-3-11-30-18)26-20(22-8-4-12-31-22)13-19(24-26)21-7-2-10-29-21/h2-4,6-8,10-12,17,20H,1,5,9,13-16H2. The van der Waals surface area contributed by atoms with Gasteiger partial charge in [-0.25, -0.2) is 5.01 Å². The molecule has 0 N–H and O–H groups in total. The topological polar surface area (TPSA) is 58.3 Å². The van der Waals surface area contributed by atoms with Crippen molar-refractivity contribution in [3.63, 3.8) is 0 Å². The number of amides is 1. The summed E-state index contributed by atoms with van der Waals surface area (Å²) in [7, 11) is 0. The number of carbonyl (C=O) groups excluding carboxylic acids is 1. The van der Waals surface area contributed by atoms with Crippen LogP contribution in [0.15, 0.2) is 62.9 Å². The second-order valence-corrected chi connectivity index (χ2v) is 9.89. The van der Waals surface area contributed by atoms with E-state index in [0.717, 1.165) is 48.9 Å². The molecule has 8 heteroatoms. The Bertz CT molecular complexity index is 993. The summed E-state index contributed by atoms with van der Waals surface area (Å²) in [6.07, 6.45) is 4.65. The van der Waals surface area contributed by atoms with Crippen LogP contribution >= 0.6 is 22.7 Å². The van der Waals surface area contributed by atoms with Crippen LogP contribution in [0.1, 0.15) is 40.8 Å². The maximum Gasteiger partial charge on any atom is 0.257 e. The maximum absolute atomic E-state index is 13.5. The third kappa shape index (κ3) is 4.82. The highest BCUT2D eigenvalue weighted by Crippen LogP contribution is 2.35. The van der Waals surface area contributed by atoms with Gasteiger partial charge in [0.25, 0.3) is 5.91 Å². The van der Waals surface area contributed by atoms with E-state index in [1.54, 1.807) is 33.9 Å². The molecule has 162 valence electrons. The van der Waals surface area contributed by atoms with Crippen molar-refractivity contribution in [1.82, 2.24) is 9.91 Å². The minimum absolute atomic E-state index is 0.00880. The number of ether oxygens (including phenoxy) is 1. The van der Waals surface area contributed by atoms with Crippen molar-refractivity contribution in [2.45, 2.75) is 38.0 Å². The largest absolute Gasteiger partial charge is 0.463 e. The highest BCUT2D eigenvalue weighted by molar-refractivity contribution is 7.10. The van der Waals surface area contributed by atoms with E-state index in [4.69, 9.17) is 14.3 Å². The first-order chi connectivity index (χ1) is 15.3. The Morgan fingerprint density at radius 2 is 2.10 bits per heavy atom. The zero-order valence-corrected chi connectivity index (χ0v) is 18.8. The van der Waals surface area contributed by atoms with Gasteiger partial charge >= 0.3 is 0 Å². The molecular weight excluding hydrogens is 430 g/mol. The van der Waals surface area contributed by atoms with Gasteiger partial charge in [0.1, 0.15) is 11.5 Å². The molecule has 2 aliphatic rings. The van der Waals surface area contributed by atoms with Gasteiger partial charge in [-0.15, -0.1) is 22.7 Å². The number of hydrogen-bond donors (Lipinski definition) is 0. The van der Waals surface area contributed by atoms with Crippen molar-refractivity contribution in [2.24, 2.45) is 5.10 Å². The molecular formula is C23H25N3O3S2. The lowest BCUT2D eigenvalue weighted by Crippen LogP contribution is -2.40. The second-order valence-electron chi connectivity index (χ2n) is 7.88. The molecule has 2 aliphatic heterocycles. The quantitative estimate of drug-likeness (QED) is 0.491. The molecule has 0 spiro atoms. The number of hydrazone groups is 1. The molecule has 6 nitrogen and oxygen atoms in total. The summed E-state index contributed by atoms with van der Waals surface area (Å²) in [6.45, 7) is 2.63. The zero-order chi connectivity index (χ0) is 21.0. The Labute approximate surface area is 189 Å². The summed E-state index contributed by atoms with van der Waals surface area (Å²) in [5.74, 6) is 0.737. The van der Waals surface area contributed by atoms with Crippen LogP contribution in [0, 0.1) is 0 Å². The molecule has 1 saturated heterocycles. The Hall–Kier alpha value is -2.26. The minimum atomic E-state index is -0.0843. The summed E-state index contributed by atoms with van der Waals surface area (Å²) < 4.78 is 11.4. The normalized spacial score (nSPS) is 21.2. The fraction of sp³-hybridized carbons (Fsp3) is 0.391. The fourth-order valence-electron chi connectivity index (χ4n) is 4.18. The predicted octanol–water partition coefficient (Wildman–Crippen LogP) is 4.76. The first kappa shape index (κ1) is 20.6. The van der Waals surface area contributed by atoms with Crippen LogP contribution in [0.5, 0.6) is 0 Å². The van der Waals surface area contributed by atoms with Crippen LogP contribution in [0.25, 0.3) is 0 Å². The zero-order valence-electron chi connectivity index (χ0n) is 17.2.